The molecular formula is C10H14N2O2. The second-order valence-electron chi connectivity index (χ2n) is 4.04. The minimum atomic E-state index is -0.835. The first-order valence-corrected chi connectivity index (χ1v) is 4.92. The first-order chi connectivity index (χ1) is 6.65. The number of aliphatic carboxylic acids is 1. The average molecular weight is 194 g/mol. The van der Waals surface area contributed by atoms with Crippen molar-refractivity contribution in [3.63, 3.8) is 0 Å². The van der Waals surface area contributed by atoms with Crippen LogP contribution in [0.5, 0.6) is 0 Å². The number of carboxylic acid groups (broad SMARTS) is 1. The molecule has 0 saturated carbocycles. The maximum absolute atomic E-state index is 10.5. The molecule has 2 rings (SSSR count). The van der Waals surface area contributed by atoms with E-state index in [1.165, 1.54) is 10.2 Å². The second kappa shape index (κ2) is 3.44. The van der Waals surface area contributed by atoms with Crippen LogP contribution >= 0.6 is 0 Å². The molecule has 1 aromatic heterocycles. The van der Waals surface area contributed by atoms with Gasteiger partial charge in [0.2, 0.25) is 0 Å². The van der Waals surface area contributed by atoms with Gasteiger partial charge in [-0.05, 0) is 30.7 Å². The molecule has 0 spiro atoms. The summed E-state index contributed by atoms with van der Waals surface area (Å²) in [6, 6.07) is 0. The van der Waals surface area contributed by atoms with Gasteiger partial charge in [0, 0.05) is 6.20 Å². The van der Waals surface area contributed by atoms with E-state index in [4.69, 9.17) is 5.11 Å². The Kier molecular flexibility index (Phi) is 2.27. The summed E-state index contributed by atoms with van der Waals surface area (Å²) < 4.78 is 1.53. The third-order valence-corrected chi connectivity index (χ3v) is 2.66. The Labute approximate surface area is 82.5 Å². The SMILES string of the molecule is C[C@H]1CCc2nn(CC(=O)O)cc2C1. The van der Waals surface area contributed by atoms with E-state index in [1.54, 1.807) is 0 Å². The van der Waals surface area contributed by atoms with Crippen LogP contribution in [-0.4, -0.2) is 20.9 Å². The van der Waals surface area contributed by atoms with Gasteiger partial charge in [-0.1, -0.05) is 6.92 Å². The zero-order valence-electron chi connectivity index (χ0n) is 8.23. The fraction of sp³-hybridized carbons (Fsp3) is 0.600. The lowest BCUT2D eigenvalue weighted by Crippen LogP contribution is -2.10. The molecular weight excluding hydrogens is 180 g/mol. The Morgan fingerprint density at radius 1 is 1.79 bits per heavy atom. The lowest BCUT2D eigenvalue weighted by molar-refractivity contribution is -0.137. The van der Waals surface area contributed by atoms with E-state index in [9.17, 15) is 4.79 Å². The van der Waals surface area contributed by atoms with E-state index in [1.807, 2.05) is 6.20 Å². The summed E-state index contributed by atoms with van der Waals surface area (Å²) in [6.45, 7) is 2.19. The lowest BCUT2D eigenvalue weighted by atomic mass is 9.89. The Morgan fingerprint density at radius 2 is 2.57 bits per heavy atom. The van der Waals surface area contributed by atoms with Gasteiger partial charge in [0.05, 0.1) is 5.69 Å². The molecule has 0 saturated heterocycles. The summed E-state index contributed by atoms with van der Waals surface area (Å²) in [5.41, 5.74) is 2.31. The molecule has 4 nitrogen and oxygen atoms in total. The van der Waals surface area contributed by atoms with E-state index >= 15 is 0 Å². The van der Waals surface area contributed by atoms with Gasteiger partial charge in [-0.15, -0.1) is 0 Å². The quantitative estimate of drug-likeness (QED) is 0.766. The predicted molar refractivity (Wildman–Crippen MR) is 51.1 cm³/mol. The normalized spacial score (nSPS) is 20.5. The molecule has 76 valence electrons. The van der Waals surface area contributed by atoms with Crippen molar-refractivity contribution in [2.75, 3.05) is 0 Å². The van der Waals surface area contributed by atoms with Gasteiger partial charge >= 0.3 is 5.97 Å². The molecule has 1 aliphatic carbocycles. The van der Waals surface area contributed by atoms with Gasteiger partial charge in [-0.25, -0.2) is 0 Å². The lowest BCUT2D eigenvalue weighted by Gasteiger charge is -2.15. The summed E-state index contributed by atoms with van der Waals surface area (Å²) >= 11 is 0. The van der Waals surface area contributed by atoms with Gasteiger partial charge in [0.1, 0.15) is 6.54 Å². The molecule has 0 aromatic carbocycles. The largest absolute Gasteiger partial charge is 0.480 e. The molecule has 0 fully saturated rings. The number of nitrogens with zero attached hydrogens (tertiary/aromatic N) is 2. The molecule has 0 radical (unpaired) electrons. The Hall–Kier alpha value is -1.32. The number of hydrogen-bond acceptors (Lipinski definition) is 2. The zero-order valence-corrected chi connectivity index (χ0v) is 8.23. The highest BCUT2D eigenvalue weighted by Crippen LogP contribution is 2.23. The molecule has 4 heteroatoms. The number of aryl methyl sites for hydroxylation is 1. The second-order valence-corrected chi connectivity index (χ2v) is 4.04. The van der Waals surface area contributed by atoms with Crippen LogP contribution in [-0.2, 0) is 24.2 Å². The molecule has 14 heavy (non-hydrogen) atoms. The Bertz CT molecular complexity index is 357. The molecule has 1 N–H and O–H groups in total. The van der Waals surface area contributed by atoms with Crippen molar-refractivity contribution in [2.45, 2.75) is 32.7 Å². The van der Waals surface area contributed by atoms with Crippen LogP contribution in [0.3, 0.4) is 0 Å². The summed E-state index contributed by atoms with van der Waals surface area (Å²) in [7, 11) is 0. The molecule has 0 unspecified atom stereocenters. The molecule has 0 amide bonds. The molecule has 0 bridgehead atoms. The van der Waals surface area contributed by atoms with Gasteiger partial charge in [0.15, 0.2) is 0 Å². The monoisotopic (exact) mass is 194 g/mol. The van der Waals surface area contributed by atoms with E-state index in [0.29, 0.717) is 5.92 Å². The van der Waals surface area contributed by atoms with Crippen molar-refractivity contribution >= 4 is 5.97 Å². The zero-order chi connectivity index (χ0) is 10.1. The highest BCUT2D eigenvalue weighted by Gasteiger charge is 2.18. The van der Waals surface area contributed by atoms with E-state index in [2.05, 4.69) is 12.0 Å². The standard InChI is InChI=1S/C10H14N2O2/c1-7-2-3-9-8(4-7)5-12(11-9)6-10(13)14/h5,7H,2-4,6H2,1H3,(H,13,14)/t7-/m0/s1. The van der Waals surface area contributed by atoms with Crippen molar-refractivity contribution in [1.29, 1.82) is 0 Å². The van der Waals surface area contributed by atoms with Crippen molar-refractivity contribution in [2.24, 2.45) is 5.92 Å². The number of carbonyl (C=O) groups is 1. The highest BCUT2D eigenvalue weighted by molar-refractivity contribution is 5.66. The van der Waals surface area contributed by atoms with E-state index < -0.39 is 5.97 Å². The third-order valence-electron chi connectivity index (χ3n) is 2.66. The van der Waals surface area contributed by atoms with Crippen LogP contribution < -0.4 is 0 Å². The molecule has 1 atom stereocenters. The number of carboxylic acids is 1. The summed E-state index contributed by atoms with van der Waals surface area (Å²) in [4.78, 5) is 10.5. The van der Waals surface area contributed by atoms with Gasteiger partial charge in [0.25, 0.3) is 0 Å². The van der Waals surface area contributed by atoms with Gasteiger partial charge in [-0.2, -0.15) is 5.10 Å². The minimum Gasteiger partial charge on any atom is -0.480 e. The van der Waals surface area contributed by atoms with Crippen LogP contribution in [0.1, 0.15) is 24.6 Å². The van der Waals surface area contributed by atoms with Crippen molar-refractivity contribution in [1.82, 2.24) is 9.78 Å². The third kappa shape index (κ3) is 1.78. The molecule has 0 aliphatic heterocycles. The maximum atomic E-state index is 10.5. The van der Waals surface area contributed by atoms with Crippen LogP contribution in [0.15, 0.2) is 6.20 Å². The average Bonchev–Trinajstić information content (AvgIpc) is 2.44. The van der Waals surface area contributed by atoms with Gasteiger partial charge < -0.3 is 5.11 Å². The fourth-order valence-electron chi connectivity index (χ4n) is 1.96. The highest BCUT2D eigenvalue weighted by atomic mass is 16.4. The summed E-state index contributed by atoms with van der Waals surface area (Å²) in [6.07, 6.45) is 5.06. The summed E-state index contributed by atoms with van der Waals surface area (Å²) in [5, 5.41) is 12.9. The van der Waals surface area contributed by atoms with E-state index in [0.717, 1.165) is 25.0 Å². The summed E-state index contributed by atoms with van der Waals surface area (Å²) in [5.74, 6) is -0.136. The predicted octanol–water partition coefficient (Wildman–Crippen LogP) is 1.09. The smallest absolute Gasteiger partial charge is 0.325 e. The number of rotatable bonds is 2. The molecule has 1 aromatic rings. The molecule has 1 heterocycles. The number of hydrogen-bond donors (Lipinski definition) is 1. The van der Waals surface area contributed by atoms with Crippen molar-refractivity contribution in [3.05, 3.63) is 17.5 Å². The van der Waals surface area contributed by atoms with Crippen LogP contribution in [0.25, 0.3) is 0 Å². The number of fused-ring (bicyclic) bond motifs is 1. The van der Waals surface area contributed by atoms with E-state index in [-0.39, 0.29) is 6.54 Å². The Balaban J connectivity index is 2.19. The van der Waals surface area contributed by atoms with Crippen LogP contribution in [0, 0.1) is 5.92 Å². The van der Waals surface area contributed by atoms with Crippen LogP contribution in [0.4, 0.5) is 0 Å². The first kappa shape index (κ1) is 9.24. The van der Waals surface area contributed by atoms with Crippen molar-refractivity contribution in [3.8, 4) is 0 Å². The van der Waals surface area contributed by atoms with Crippen LogP contribution in [0.2, 0.25) is 0 Å². The minimum absolute atomic E-state index is 0.0264. The Morgan fingerprint density at radius 3 is 3.29 bits per heavy atom. The first-order valence-electron chi connectivity index (χ1n) is 4.92. The molecule has 1 aliphatic rings. The topological polar surface area (TPSA) is 55.1 Å². The van der Waals surface area contributed by atoms with Gasteiger partial charge in [-0.3, -0.25) is 9.48 Å². The number of aromatic nitrogens is 2. The fourth-order valence-corrected chi connectivity index (χ4v) is 1.96. The maximum Gasteiger partial charge on any atom is 0.325 e. The van der Waals surface area contributed by atoms with Crippen molar-refractivity contribution < 1.29 is 9.90 Å².